The van der Waals surface area contributed by atoms with E-state index in [-0.39, 0.29) is 0 Å². The standard InChI is InChI=1S/C41H82.C17H34.C3H6.2C2H6/c1-18-34(31(5)39(9,10)11)26-32-22-20-21-23-33(25-32)27-35(19-2)36(40(12,13)14)24-29(3)30(4)37(41(15,16)17)28-38(6,7)8;1-10-13(2)15(12-17(7,8)9)14(3)11-16(4,5)6;1-3-2;2*1-2/h29-37H,18-28H2,1-17H3;13,15H,3,10-12H2,1-2,4-9H3;3H,1H2,2H3;2*1-2H3/t29?,30?,31?,32-,33+,34?,35?,36?,37?;;;;/m1..../s1. The van der Waals surface area contributed by atoms with Gasteiger partial charge in [-0.3, -0.25) is 0 Å². The minimum absolute atomic E-state index is 0.360. The van der Waals surface area contributed by atoms with Crippen molar-refractivity contribution in [1.29, 1.82) is 0 Å². The lowest BCUT2D eigenvalue weighted by Crippen LogP contribution is -2.37. The van der Waals surface area contributed by atoms with Crippen LogP contribution in [0.15, 0.2) is 24.8 Å². The van der Waals surface area contributed by atoms with Crippen molar-refractivity contribution >= 4 is 0 Å². The number of hydrogen-bond acceptors (Lipinski definition) is 0. The molecule has 0 heterocycles. The zero-order chi connectivity index (χ0) is 52.5. The molecule has 1 aliphatic carbocycles. The molecule has 0 heteroatoms. The van der Waals surface area contributed by atoms with Gasteiger partial charge in [0.2, 0.25) is 0 Å². The highest BCUT2D eigenvalue weighted by molar-refractivity contribution is 5.06. The fraction of sp³-hybridized carbons (Fsp3) is 0.938. The first-order valence-electron chi connectivity index (χ1n) is 28.6. The summed E-state index contributed by atoms with van der Waals surface area (Å²) in [6, 6.07) is 0. The zero-order valence-electron chi connectivity index (χ0n) is 51.7. The molecule has 0 radical (unpaired) electrons. The van der Waals surface area contributed by atoms with Crippen LogP contribution in [0.4, 0.5) is 0 Å². The van der Waals surface area contributed by atoms with Crippen molar-refractivity contribution < 1.29 is 0 Å². The van der Waals surface area contributed by atoms with E-state index in [9.17, 15) is 0 Å². The van der Waals surface area contributed by atoms with Crippen LogP contribution in [0.25, 0.3) is 0 Å². The predicted molar refractivity (Wildman–Crippen MR) is 307 cm³/mol. The quantitative estimate of drug-likeness (QED) is 0.0949. The van der Waals surface area contributed by atoms with Crippen LogP contribution in [0.5, 0.6) is 0 Å². The molecule has 1 fully saturated rings. The molecular weight excluding hydrogens is 781 g/mol. The van der Waals surface area contributed by atoms with E-state index in [4.69, 9.17) is 0 Å². The fourth-order valence-corrected chi connectivity index (χ4v) is 11.6. The third-order valence-electron chi connectivity index (χ3n) is 15.8. The lowest BCUT2D eigenvalue weighted by molar-refractivity contribution is 0.0446. The van der Waals surface area contributed by atoms with Gasteiger partial charge in [0.15, 0.2) is 0 Å². The lowest BCUT2D eigenvalue weighted by Gasteiger charge is -2.45. The maximum atomic E-state index is 4.39. The molecule has 0 amide bonds. The smallest absolute Gasteiger partial charge is 0.0175 e. The van der Waals surface area contributed by atoms with E-state index in [2.05, 4.69) is 186 Å². The van der Waals surface area contributed by atoms with Crippen LogP contribution in [0.3, 0.4) is 0 Å². The van der Waals surface area contributed by atoms with E-state index in [0.29, 0.717) is 38.4 Å². The van der Waals surface area contributed by atoms with Gasteiger partial charge >= 0.3 is 0 Å². The van der Waals surface area contributed by atoms with Gasteiger partial charge in [0.05, 0.1) is 0 Å². The molecule has 0 spiro atoms. The second-order valence-electron chi connectivity index (χ2n) is 28.6. The van der Waals surface area contributed by atoms with Crippen LogP contribution < -0.4 is 0 Å². The molecule has 394 valence electrons. The molecule has 1 aliphatic rings. The molecular formula is C65H134. The summed E-state index contributed by atoms with van der Waals surface area (Å²) >= 11 is 0. The second-order valence-corrected chi connectivity index (χ2v) is 28.6. The molecule has 0 bridgehead atoms. The van der Waals surface area contributed by atoms with E-state index in [1.165, 1.54) is 89.0 Å². The van der Waals surface area contributed by atoms with Crippen LogP contribution in [0.1, 0.15) is 298 Å². The molecule has 11 atom stereocenters. The first-order chi connectivity index (χ1) is 29.4. The van der Waals surface area contributed by atoms with Gasteiger partial charge in [0.25, 0.3) is 0 Å². The van der Waals surface area contributed by atoms with Crippen molar-refractivity contribution in [2.75, 3.05) is 0 Å². The number of allylic oxidation sites excluding steroid dienone is 2. The topological polar surface area (TPSA) is 0 Å². The summed E-state index contributed by atoms with van der Waals surface area (Å²) in [4.78, 5) is 0. The summed E-state index contributed by atoms with van der Waals surface area (Å²) in [5.74, 6) is 8.98. The van der Waals surface area contributed by atoms with Gasteiger partial charge in [-0.1, -0.05) is 264 Å². The third kappa shape index (κ3) is 32.8. The first-order valence-corrected chi connectivity index (χ1v) is 28.6. The van der Waals surface area contributed by atoms with Gasteiger partial charge < -0.3 is 0 Å². The van der Waals surface area contributed by atoms with E-state index >= 15 is 0 Å². The molecule has 0 aromatic carbocycles. The Labute approximate surface area is 418 Å². The second kappa shape index (κ2) is 33.1. The summed E-state index contributed by atoms with van der Waals surface area (Å²) in [5.41, 5.74) is 3.76. The van der Waals surface area contributed by atoms with Gasteiger partial charge in [-0.15, -0.1) is 6.58 Å². The minimum Gasteiger partial charge on any atom is -0.103 e. The first kappa shape index (κ1) is 71.0. The Morgan fingerprint density at radius 3 is 1.23 bits per heavy atom. The molecule has 9 unspecified atom stereocenters. The monoisotopic (exact) mass is 915 g/mol. The largest absolute Gasteiger partial charge is 0.103 e. The van der Waals surface area contributed by atoms with Crippen molar-refractivity contribution in [2.45, 2.75) is 298 Å². The van der Waals surface area contributed by atoms with Crippen LogP contribution in [0, 0.1) is 97.6 Å². The van der Waals surface area contributed by atoms with Gasteiger partial charge in [0.1, 0.15) is 0 Å². The van der Waals surface area contributed by atoms with E-state index in [0.717, 1.165) is 65.6 Å². The Morgan fingerprint density at radius 1 is 0.538 bits per heavy atom. The molecule has 1 saturated carbocycles. The fourth-order valence-electron chi connectivity index (χ4n) is 11.6. The van der Waals surface area contributed by atoms with Crippen molar-refractivity contribution in [3.05, 3.63) is 24.8 Å². The Kier molecular flexibility index (Phi) is 36.2. The molecule has 0 aromatic heterocycles. The highest BCUT2D eigenvalue weighted by Gasteiger charge is 2.40. The molecule has 0 N–H and O–H groups in total. The summed E-state index contributed by atoms with van der Waals surface area (Å²) in [6.07, 6.45) is 21.2. The summed E-state index contributed by atoms with van der Waals surface area (Å²) in [5, 5.41) is 0. The normalized spacial score (nSPS) is 20.6. The number of hydrogen-bond donors (Lipinski definition) is 0. The molecule has 1 rings (SSSR count). The van der Waals surface area contributed by atoms with Crippen molar-refractivity contribution in [1.82, 2.24) is 0 Å². The van der Waals surface area contributed by atoms with Crippen molar-refractivity contribution in [3.63, 3.8) is 0 Å². The van der Waals surface area contributed by atoms with E-state index < -0.39 is 0 Å². The maximum Gasteiger partial charge on any atom is -0.0175 e. The minimum atomic E-state index is 0.360. The van der Waals surface area contributed by atoms with E-state index in [1.54, 1.807) is 6.08 Å². The molecule has 0 aliphatic heterocycles. The highest BCUT2D eigenvalue weighted by Crippen LogP contribution is 2.49. The van der Waals surface area contributed by atoms with Crippen LogP contribution >= 0.6 is 0 Å². The highest BCUT2D eigenvalue weighted by atomic mass is 14.5. The summed E-state index contributed by atoms with van der Waals surface area (Å²) in [7, 11) is 0. The Bertz CT molecular complexity index is 1140. The zero-order valence-corrected chi connectivity index (χ0v) is 51.7. The molecule has 0 nitrogen and oxygen atoms in total. The summed E-state index contributed by atoms with van der Waals surface area (Å²) < 4.78 is 0. The SMILES string of the molecule is C=C(CC(C)(C)C)C(CC(C)(C)C)C(C)CC.C=CC.CC.CC.CCC(C[C@@H]1CCCC[C@H](CC(CC)C(CC(C)C(C)C(CC(C)(C)C)C(C)(C)C)C(C)(C)C)C1)C(C)C(C)(C)C. The van der Waals surface area contributed by atoms with Crippen molar-refractivity contribution in [2.24, 2.45) is 97.6 Å². The molecule has 0 saturated heterocycles. The Hall–Kier alpha value is -0.520. The lowest BCUT2D eigenvalue weighted by atomic mass is 9.60. The van der Waals surface area contributed by atoms with Gasteiger partial charge in [-0.05, 0) is 149 Å². The van der Waals surface area contributed by atoms with E-state index in [1.807, 2.05) is 34.6 Å². The number of rotatable bonds is 18. The average molecular weight is 916 g/mol. The third-order valence-corrected chi connectivity index (χ3v) is 15.8. The summed E-state index contributed by atoms with van der Waals surface area (Å²) in [6.45, 7) is 78.9. The van der Waals surface area contributed by atoms with Crippen LogP contribution in [-0.4, -0.2) is 0 Å². The van der Waals surface area contributed by atoms with Gasteiger partial charge in [-0.2, -0.15) is 0 Å². The van der Waals surface area contributed by atoms with Gasteiger partial charge in [0, 0.05) is 0 Å². The Balaban J connectivity index is -0.000000642. The van der Waals surface area contributed by atoms with Gasteiger partial charge in [-0.25, -0.2) is 0 Å². The van der Waals surface area contributed by atoms with Crippen LogP contribution in [0.2, 0.25) is 0 Å². The maximum absolute atomic E-state index is 4.39. The van der Waals surface area contributed by atoms with Crippen molar-refractivity contribution in [3.8, 4) is 0 Å². The average Bonchev–Trinajstić information content (AvgIpc) is 3.39. The molecule has 0 aromatic rings. The predicted octanol–water partition coefficient (Wildman–Crippen LogP) is 23.4. The molecule has 65 heavy (non-hydrogen) atoms. The van der Waals surface area contributed by atoms with Crippen LogP contribution in [-0.2, 0) is 0 Å². The Morgan fingerprint density at radius 2 is 0.923 bits per heavy atom.